The number of urea groups is 1. The van der Waals surface area contributed by atoms with Gasteiger partial charge in [0, 0.05) is 4.47 Å². The van der Waals surface area contributed by atoms with Crippen LogP contribution in [0.5, 0.6) is 0 Å². The summed E-state index contributed by atoms with van der Waals surface area (Å²) >= 11 is 3.28. The van der Waals surface area contributed by atoms with Gasteiger partial charge in [-0.15, -0.1) is 0 Å². The second-order valence-corrected chi connectivity index (χ2v) is 4.22. The Hall–Kier alpha value is -2.08. The number of furan rings is 1. The molecule has 0 radical (unpaired) electrons. The number of rotatable bonds is 2. The minimum atomic E-state index is -0.622. The average Bonchev–Trinajstić information content (AvgIpc) is 2.85. The van der Waals surface area contributed by atoms with Gasteiger partial charge in [-0.2, -0.15) is 0 Å². The van der Waals surface area contributed by atoms with Gasteiger partial charge in [-0.05, 0) is 40.2 Å². The van der Waals surface area contributed by atoms with Gasteiger partial charge in [-0.1, -0.05) is 12.1 Å². The average molecular weight is 309 g/mol. The molecule has 1 aromatic heterocycles. The Kier molecular flexibility index (Phi) is 3.78. The van der Waals surface area contributed by atoms with Crippen LogP contribution >= 0.6 is 15.9 Å². The van der Waals surface area contributed by atoms with Gasteiger partial charge in [-0.3, -0.25) is 10.1 Å². The van der Waals surface area contributed by atoms with Gasteiger partial charge < -0.3 is 9.73 Å². The van der Waals surface area contributed by atoms with Crippen LogP contribution in [0.1, 0.15) is 10.6 Å². The fourth-order valence-electron chi connectivity index (χ4n) is 1.29. The molecule has 18 heavy (non-hydrogen) atoms. The van der Waals surface area contributed by atoms with Gasteiger partial charge in [0.2, 0.25) is 0 Å². The molecule has 0 aliphatic carbocycles. The molecule has 1 aromatic carbocycles. The van der Waals surface area contributed by atoms with E-state index in [0.717, 1.165) is 4.47 Å². The van der Waals surface area contributed by atoms with Gasteiger partial charge in [0.15, 0.2) is 5.76 Å². The number of amides is 3. The number of carbonyl (C=O) groups is 2. The zero-order chi connectivity index (χ0) is 13.0. The first kappa shape index (κ1) is 12.4. The largest absolute Gasteiger partial charge is 0.459 e. The Labute approximate surface area is 111 Å². The molecular weight excluding hydrogens is 300 g/mol. The van der Waals surface area contributed by atoms with Crippen LogP contribution in [0.4, 0.5) is 10.5 Å². The summed E-state index contributed by atoms with van der Waals surface area (Å²) in [6, 6.07) is 9.51. The molecule has 5 nitrogen and oxygen atoms in total. The molecule has 1 heterocycles. The van der Waals surface area contributed by atoms with Gasteiger partial charge in [-0.25, -0.2) is 4.79 Å². The van der Waals surface area contributed by atoms with Crippen LogP contribution in [-0.2, 0) is 0 Å². The van der Waals surface area contributed by atoms with E-state index in [0.29, 0.717) is 5.69 Å². The summed E-state index contributed by atoms with van der Waals surface area (Å²) in [5, 5.41) is 4.70. The van der Waals surface area contributed by atoms with Crippen molar-refractivity contribution in [2.75, 3.05) is 5.32 Å². The Morgan fingerprint density at radius 1 is 1.11 bits per heavy atom. The number of para-hydroxylation sites is 1. The van der Waals surface area contributed by atoms with Crippen LogP contribution in [0.2, 0.25) is 0 Å². The van der Waals surface area contributed by atoms with Crippen LogP contribution in [-0.4, -0.2) is 11.9 Å². The molecule has 0 aliphatic heterocycles. The third kappa shape index (κ3) is 2.98. The van der Waals surface area contributed by atoms with E-state index in [2.05, 4.69) is 26.6 Å². The molecule has 0 spiro atoms. The predicted molar refractivity (Wildman–Crippen MR) is 69.3 cm³/mol. The first-order valence-corrected chi connectivity index (χ1v) is 5.86. The monoisotopic (exact) mass is 308 g/mol. The maximum Gasteiger partial charge on any atom is 0.326 e. The number of anilines is 1. The van der Waals surface area contributed by atoms with Crippen LogP contribution in [0, 0.1) is 0 Å². The number of nitrogens with one attached hydrogen (secondary N) is 2. The number of hydrogen-bond acceptors (Lipinski definition) is 3. The maximum atomic E-state index is 11.6. The number of benzene rings is 1. The van der Waals surface area contributed by atoms with Crippen molar-refractivity contribution in [2.45, 2.75) is 0 Å². The smallest absolute Gasteiger partial charge is 0.326 e. The molecule has 6 heteroatoms. The first-order valence-electron chi connectivity index (χ1n) is 5.07. The van der Waals surface area contributed by atoms with Crippen molar-refractivity contribution >= 4 is 33.6 Å². The summed E-state index contributed by atoms with van der Waals surface area (Å²) in [5.41, 5.74) is 0.572. The van der Waals surface area contributed by atoms with Crippen LogP contribution < -0.4 is 10.6 Å². The minimum Gasteiger partial charge on any atom is -0.459 e. The molecule has 0 bridgehead atoms. The molecule has 0 saturated heterocycles. The van der Waals surface area contributed by atoms with Gasteiger partial charge in [0.1, 0.15) is 0 Å². The number of halogens is 1. The molecule has 0 aliphatic rings. The standard InChI is InChI=1S/C12H9BrN2O3/c13-8-4-1-2-5-9(8)14-12(17)15-11(16)10-6-3-7-18-10/h1-7H,(H2,14,15,16,17). The third-order valence-corrected chi connectivity index (χ3v) is 2.79. The molecule has 0 unspecified atom stereocenters. The highest BCUT2D eigenvalue weighted by Gasteiger charge is 2.13. The van der Waals surface area contributed by atoms with Gasteiger partial charge in [0.25, 0.3) is 5.91 Å². The van der Waals surface area contributed by atoms with Crippen molar-refractivity contribution < 1.29 is 14.0 Å². The van der Waals surface area contributed by atoms with Crippen LogP contribution in [0.15, 0.2) is 51.6 Å². The summed E-state index contributed by atoms with van der Waals surface area (Å²) in [7, 11) is 0. The quantitative estimate of drug-likeness (QED) is 0.896. The maximum absolute atomic E-state index is 11.6. The van der Waals surface area contributed by atoms with E-state index in [4.69, 9.17) is 4.42 Å². The molecule has 0 fully saturated rings. The lowest BCUT2D eigenvalue weighted by Crippen LogP contribution is -2.34. The van der Waals surface area contributed by atoms with Crippen molar-refractivity contribution in [1.29, 1.82) is 0 Å². The van der Waals surface area contributed by atoms with Crippen LogP contribution in [0.25, 0.3) is 0 Å². The van der Waals surface area contributed by atoms with E-state index in [1.165, 1.54) is 12.3 Å². The Morgan fingerprint density at radius 3 is 2.56 bits per heavy atom. The lowest BCUT2D eigenvalue weighted by Gasteiger charge is -2.07. The summed E-state index contributed by atoms with van der Waals surface area (Å²) < 4.78 is 5.60. The first-order chi connectivity index (χ1) is 8.66. The highest BCUT2D eigenvalue weighted by molar-refractivity contribution is 9.10. The highest BCUT2D eigenvalue weighted by Crippen LogP contribution is 2.20. The second-order valence-electron chi connectivity index (χ2n) is 3.37. The van der Waals surface area contributed by atoms with E-state index >= 15 is 0 Å². The number of hydrogen-bond donors (Lipinski definition) is 2. The summed E-state index contributed by atoms with van der Waals surface area (Å²) in [5.74, 6) is -0.512. The van der Waals surface area contributed by atoms with E-state index in [9.17, 15) is 9.59 Å². The topological polar surface area (TPSA) is 71.3 Å². The minimum absolute atomic E-state index is 0.0808. The molecule has 2 N–H and O–H groups in total. The summed E-state index contributed by atoms with van der Waals surface area (Å²) in [6.45, 7) is 0. The van der Waals surface area contributed by atoms with E-state index in [-0.39, 0.29) is 5.76 Å². The normalized spacial score (nSPS) is 9.83. The van der Waals surface area contributed by atoms with Crippen molar-refractivity contribution in [1.82, 2.24) is 5.32 Å². The van der Waals surface area contributed by atoms with Crippen molar-refractivity contribution in [3.8, 4) is 0 Å². The highest BCUT2D eigenvalue weighted by atomic mass is 79.9. The van der Waals surface area contributed by atoms with E-state index < -0.39 is 11.9 Å². The fourth-order valence-corrected chi connectivity index (χ4v) is 1.67. The van der Waals surface area contributed by atoms with E-state index in [1.54, 1.807) is 24.3 Å². The summed E-state index contributed by atoms with van der Waals surface area (Å²) in [6.07, 6.45) is 1.36. The Morgan fingerprint density at radius 2 is 1.89 bits per heavy atom. The zero-order valence-corrected chi connectivity index (χ0v) is 10.7. The lowest BCUT2D eigenvalue weighted by atomic mass is 10.3. The molecule has 0 saturated carbocycles. The lowest BCUT2D eigenvalue weighted by molar-refractivity contribution is 0.0940. The van der Waals surface area contributed by atoms with Crippen LogP contribution in [0.3, 0.4) is 0 Å². The van der Waals surface area contributed by atoms with Gasteiger partial charge >= 0.3 is 6.03 Å². The Balaban J connectivity index is 1.98. The molecular formula is C12H9BrN2O3. The molecule has 0 atom stereocenters. The predicted octanol–water partition coefficient (Wildman–Crippen LogP) is 3.00. The van der Waals surface area contributed by atoms with Crippen molar-refractivity contribution in [2.24, 2.45) is 0 Å². The van der Waals surface area contributed by atoms with Gasteiger partial charge in [0.05, 0.1) is 12.0 Å². The third-order valence-electron chi connectivity index (χ3n) is 2.09. The second kappa shape index (κ2) is 5.50. The molecule has 92 valence electrons. The van der Waals surface area contributed by atoms with Crippen molar-refractivity contribution in [3.63, 3.8) is 0 Å². The fraction of sp³-hybridized carbons (Fsp3) is 0. The van der Waals surface area contributed by atoms with Crippen molar-refractivity contribution in [3.05, 3.63) is 52.9 Å². The zero-order valence-electron chi connectivity index (χ0n) is 9.14. The molecule has 3 amide bonds. The summed E-state index contributed by atoms with van der Waals surface area (Å²) in [4.78, 5) is 23.1. The van der Waals surface area contributed by atoms with E-state index in [1.807, 2.05) is 6.07 Å². The Bertz CT molecular complexity index is 566. The molecule has 2 rings (SSSR count). The number of carbonyl (C=O) groups excluding carboxylic acids is 2. The SMILES string of the molecule is O=C(NC(=O)c1ccco1)Nc1ccccc1Br. The molecule has 2 aromatic rings. The number of imide groups is 1.